The molecule has 0 aliphatic rings. The van der Waals surface area contributed by atoms with Crippen molar-refractivity contribution >= 4 is 22.6 Å². The van der Waals surface area contributed by atoms with Crippen LogP contribution in [0.4, 0.5) is 17.1 Å². The van der Waals surface area contributed by atoms with Crippen LogP contribution in [0.15, 0.2) is 146 Å². The largest absolute Gasteiger partial charge is 0.310 e. The molecule has 0 N–H and O–H groups in total. The fraction of sp³-hybridized carbons (Fsp3) is 0.0811. The van der Waals surface area contributed by atoms with Crippen LogP contribution < -0.4 is 4.90 Å². The van der Waals surface area contributed by atoms with Crippen molar-refractivity contribution in [3.8, 4) is 22.3 Å². The Hall–Kier alpha value is -4.62. The van der Waals surface area contributed by atoms with Crippen molar-refractivity contribution in [3.05, 3.63) is 157 Å². The average Bonchev–Trinajstić information content (AvgIpc) is 2.99. The zero-order valence-corrected chi connectivity index (χ0v) is 22.1. The maximum absolute atomic E-state index is 3.89. The highest BCUT2D eigenvalue weighted by Crippen LogP contribution is 2.41. The van der Waals surface area contributed by atoms with Crippen molar-refractivity contribution in [2.24, 2.45) is 0 Å². The fourth-order valence-corrected chi connectivity index (χ4v) is 4.80. The van der Waals surface area contributed by atoms with E-state index in [0.29, 0.717) is 0 Å². The highest BCUT2D eigenvalue weighted by Gasteiger charge is 2.17. The molecule has 5 rings (SSSR count). The quantitative estimate of drug-likeness (QED) is 0.195. The molecule has 0 amide bonds. The van der Waals surface area contributed by atoms with Crippen LogP contribution >= 0.6 is 0 Å². The molecule has 0 aromatic heterocycles. The molecule has 0 aliphatic heterocycles. The third kappa shape index (κ3) is 5.38. The Morgan fingerprint density at radius 2 is 1.18 bits per heavy atom. The van der Waals surface area contributed by atoms with E-state index in [1.807, 2.05) is 6.08 Å². The van der Waals surface area contributed by atoms with Gasteiger partial charge in [0.1, 0.15) is 0 Å². The molecule has 0 spiro atoms. The third-order valence-corrected chi connectivity index (χ3v) is 7.04. The van der Waals surface area contributed by atoms with Gasteiger partial charge in [-0.2, -0.15) is 0 Å². The van der Waals surface area contributed by atoms with Crippen molar-refractivity contribution in [1.82, 2.24) is 0 Å². The molecule has 186 valence electrons. The number of rotatable bonds is 8. The van der Waals surface area contributed by atoms with E-state index in [9.17, 15) is 0 Å². The van der Waals surface area contributed by atoms with Gasteiger partial charge in [-0.3, -0.25) is 0 Å². The van der Waals surface area contributed by atoms with E-state index in [2.05, 4.69) is 159 Å². The predicted molar refractivity (Wildman–Crippen MR) is 165 cm³/mol. The molecular weight excluding hydrogens is 458 g/mol. The molecular formula is C37H33N. The number of nitrogens with zero attached hydrogens (tertiary/aromatic N) is 1. The Bertz CT molecular complexity index is 1520. The molecule has 0 saturated heterocycles. The second-order valence-electron chi connectivity index (χ2n) is 9.47. The zero-order valence-electron chi connectivity index (χ0n) is 22.1. The highest BCUT2D eigenvalue weighted by molar-refractivity contribution is 5.88. The van der Waals surface area contributed by atoms with Crippen molar-refractivity contribution in [3.63, 3.8) is 0 Å². The van der Waals surface area contributed by atoms with Crippen LogP contribution in [0.5, 0.6) is 0 Å². The minimum atomic E-state index is 0.863. The normalized spacial score (nSPS) is 11.3. The number of hydrogen-bond donors (Lipinski definition) is 0. The summed E-state index contributed by atoms with van der Waals surface area (Å²) in [5, 5.41) is 0. The average molecular weight is 492 g/mol. The van der Waals surface area contributed by atoms with Gasteiger partial charge in [-0.05, 0) is 84.0 Å². The molecule has 0 atom stereocenters. The summed E-state index contributed by atoms with van der Waals surface area (Å²) in [6, 6.07) is 45.7. The van der Waals surface area contributed by atoms with Gasteiger partial charge in [0.25, 0.3) is 0 Å². The van der Waals surface area contributed by atoms with Gasteiger partial charge < -0.3 is 4.90 Å². The van der Waals surface area contributed by atoms with Gasteiger partial charge >= 0.3 is 0 Å². The number of para-hydroxylation sites is 1. The smallest absolute Gasteiger partial charge is 0.0540 e. The first-order valence-electron chi connectivity index (χ1n) is 13.2. The summed E-state index contributed by atoms with van der Waals surface area (Å²) in [7, 11) is 0. The topological polar surface area (TPSA) is 3.24 Å². The van der Waals surface area contributed by atoms with Crippen LogP contribution in [0.1, 0.15) is 25.0 Å². The van der Waals surface area contributed by atoms with E-state index in [4.69, 9.17) is 0 Å². The van der Waals surface area contributed by atoms with Crippen LogP contribution in [-0.4, -0.2) is 0 Å². The zero-order chi connectivity index (χ0) is 26.3. The van der Waals surface area contributed by atoms with E-state index in [1.165, 1.54) is 39.0 Å². The van der Waals surface area contributed by atoms with Crippen molar-refractivity contribution in [2.45, 2.75) is 20.3 Å². The molecule has 0 aliphatic carbocycles. The van der Waals surface area contributed by atoms with Crippen molar-refractivity contribution in [1.29, 1.82) is 0 Å². The summed E-state index contributed by atoms with van der Waals surface area (Å²) in [5.74, 6) is 0. The molecule has 0 heterocycles. The molecule has 0 radical (unpaired) electrons. The van der Waals surface area contributed by atoms with Crippen LogP contribution in [0.3, 0.4) is 0 Å². The first kappa shape index (κ1) is 25.0. The number of anilines is 3. The van der Waals surface area contributed by atoms with Crippen LogP contribution in [0, 0.1) is 0 Å². The Kier molecular flexibility index (Phi) is 7.66. The van der Waals surface area contributed by atoms with Crippen LogP contribution in [0.25, 0.3) is 27.8 Å². The van der Waals surface area contributed by atoms with E-state index >= 15 is 0 Å². The molecule has 0 saturated carbocycles. The Balaban J connectivity index is 1.60. The van der Waals surface area contributed by atoms with Gasteiger partial charge in [0.2, 0.25) is 0 Å². The molecule has 5 aromatic carbocycles. The Morgan fingerprint density at radius 3 is 1.82 bits per heavy atom. The second kappa shape index (κ2) is 11.6. The minimum Gasteiger partial charge on any atom is -0.310 e. The summed E-state index contributed by atoms with van der Waals surface area (Å²) in [6.07, 6.45) is 4.96. The van der Waals surface area contributed by atoms with Crippen LogP contribution in [-0.2, 0) is 6.42 Å². The second-order valence-corrected chi connectivity index (χ2v) is 9.47. The maximum Gasteiger partial charge on any atom is 0.0540 e. The lowest BCUT2D eigenvalue weighted by Gasteiger charge is -2.28. The van der Waals surface area contributed by atoms with Crippen LogP contribution in [0.2, 0.25) is 0 Å². The lowest BCUT2D eigenvalue weighted by atomic mass is 9.98. The first-order chi connectivity index (χ1) is 18.7. The van der Waals surface area contributed by atoms with E-state index in [0.717, 1.165) is 23.5 Å². The van der Waals surface area contributed by atoms with Gasteiger partial charge in [-0.25, -0.2) is 0 Å². The molecule has 38 heavy (non-hydrogen) atoms. The molecule has 0 bridgehead atoms. The SMILES string of the molecule is C=CCc1ccc(N(c2ccc(/C(C)=C/C)cc2)c2ccccc2-c2ccc(-c3ccccc3)cc2)cc1. The first-order valence-corrected chi connectivity index (χ1v) is 13.2. The summed E-state index contributed by atoms with van der Waals surface area (Å²) >= 11 is 0. The Morgan fingerprint density at radius 1 is 0.632 bits per heavy atom. The van der Waals surface area contributed by atoms with E-state index < -0.39 is 0 Å². The number of allylic oxidation sites excluding steroid dienone is 3. The fourth-order valence-electron chi connectivity index (χ4n) is 4.80. The van der Waals surface area contributed by atoms with E-state index in [1.54, 1.807) is 0 Å². The van der Waals surface area contributed by atoms with Gasteiger partial charge in [0.15, 0.2) is 0 Å². The van der Waals surface area contributed by atoms with Gasteiger partial charge in [-0.15, -0.1) is 6.58 Å². The molecule has 1 heteroatoms. The monoisotopic (exact) mass is 491 g/mol. The highest BCUT2D eigenvalue weighted by atomic mass is 15.1. The predicted octanol–water partition coefficient (Wildman–Crippen LogP) is 10.6. The van der Waals surface area contributed by atoms with Gasteiger partial charge in [0.05, 0.1) is 5.69 Å². The lowest BCUT2D eigenvalue weighted by molar-refractivity contribution is 1.24. The number of benzene rings is 5. The summed E-state index contributed by atoms with van der Waals surface area (Å²) < 4.78 is 0. The number of hydrogen-bond acceptors (Lipinski definition) is 1. The molecule has 0 unspecified atom stereocenters. The third-order valence-electron chi connectivity index (χ3n) is 7.04. The molecule has 1 nitrogen and oxygen atoms in total. The minimum absolute atomic E-state index is 0.863. The standard InChI is InChI=1S/C37H33N/c1-4-11-29-16-24-34(25-17-29)38(35-26-22-30(23-27-35)28(3)5-2)37-15-10-9-14-36(37)33-20-18-32(19-21-33)31-12-7-6-8-13-31/h4-10,12-27H,1,11H2,2-3H3/b28-5+. The summed E-state index contributed by atoms with van der Waals surface area (Å²) in [6.45, 7) is 8.13. The van der Waals surface area contributed by atoms with Crippen molar-refractivity contribution < 1.29 is 0 Å². The van der Waals surface area contributed by atoms with Crippen molar-refractivity contribution in [2.75, 3.05) is 4.90 Å². The maximum atomic E-state index is 3.89. The van der Waals surface area contributed by atoms with E-state index in [-0.39, 0.29) is 0 Å². The Labute approximate surface area is 227 Å². The van der Waals surface area contributed by atoms with Gasteiger partial charge in [0, 0.05) is 16.9 Å². The lowest BCUT2D eigenvalue weighted by Crippen LogP contribution is -2.11. The molecule has 0 fully saturated rings. The summed E-state index contributed by atoms with van der Waals surface area (Å²) in [5.41, 5.74) is 12.0. The van der Waals surface area contributed by atoms with Gasteiger partial charge in [-0.1, -0.05) is 109 Å². The summed E-state index contributed by atoms with van der Waals surface area (Å²) in [4.78, 5) is 2.35. The molecule has 5 aromatic rings.